The van der Waals surface area contributed by atoms with Crippen LogP contribution in [0.2, 0.25) is 0 Å². The van der Waals surface area contributed by atoms with Crippen molar-refractivity contribution in [1.82, 2.24) is 5.32 Å². The number of hydrogen-bond acceptors (Lipinski definition) is 3. The monoisotopic (exact) mass is 289 g/mol. The Morgan fingerprint density at radius 1 is 1.33 bits per heavy atom. The lowest BCUT2D eigenvalue weighted by atomic mass is 9.81. The van der Waals surface area contributed by atoms with E-state index in [0.717, 1.165) is 24.8 Å². The first-order valence-electron chi connectivity index (χ1n) is 7.82. The van der Waals surface area contributed by atoms with E-state index in [1.807, 2.05) is 12.1 Å². The summed E-state index contributed by atoms with van der Waals surface area (Å²) in [6.45, 7) is 1.18. The SMILES string of the molecule is O=C(NC1(CO)CCOCC1)C1CCCc2ccccc21. The van der Waals surface area contributed by atoms with Gasteiger partial charge in [-0.2, -0.15) is 0 Å². The van der Waals surface area contributed by atoms with E-state index in [4.69, 9.17) is 4.74 Å². The van der Waals surface area contributed by atoms with E-state index in [0.29, 0.717) is 26.1 Å². The summed E-state index contributed by atoms with van der Waals surface area (Å²) in [7, 11) is 0. The fourth-order valence-corrected chi connectivity index (χ4v) is 3.46. The minimum atomic E-state index is -0.498. The summed E-state index contributed by atoms with van der Waals surface area (Å²) in [5.74, 6) is -0.0284. The second-order valence-electron chi connectivity index (χ2n) is 6.18. The molecule has 2 N–H and O–H groups in total. The summed E-state index contributed by atoms with van der Waals surface area (Å²) in [5, 5.41) is 12.8. The van der Waals surface area contributed by atoms with E-state index in [1.165, 1.54) is 5.56 Å². The predicted octanol–water partition coefficient (Wildman–Crippen LogP) is 1.76. The fraction of sp³-hybridized carbons (Fsp3) is 0.588. The zero-order chi connectivity index (χ0) is 14.7. The summed E-state index contributed by atoms with van der Waals surface area (Å²) in [6, 6.07) is 8.22. The molecule has 1 fully saturated rings. The number of aliphatic hydroxyl groups is 1. The van der Waals surface area contributed by atoms with Gasteiger partial charge in [0.2, 0.25) is 5.91 Å². The molecular formula is C17H23NO3. The molecular weight excluding hydrogens is 266 g/mol. The molecule has 114 valence electrons. The third-order valence-corrected chi connectivity index (χ3v) is 4.83. The Morgan fingerprint density at radius 2 is 2.10 bits per heavy atom. The van der Waals surface area contributed by atoms with Gasteiger partial charge in [0.05, 0.1) is 18.1 Å². The average molecular weight is 289 g/mol. The molecule has 1 atom stereocenters. The van der Waals surface area contributed by atoms with Crippen LogP contribution in [-0.4, -0.2) is 36.4 Å². The van der Waals surface area contributed by atoms with E-state index in [1.54, 1.807) is 0 Å². The van der Waals surface area contributed by atoms with E-state index >= 15 is 0 Å². The quantitative estimate of drug-likeness (QED) is 0.891. The third kappa shape index (κ3) is 2.97. The van der Waals surface area contributed by atoms with Gasteiger partial charge in [-0.3, -0.25) is 4.79 Å². The Hall–Kier alpha value is -1.39. The smallest absolute Gasteiger partial charge is 0.228 e. The van der Waals surface area contributed by atoms with Crippen LogP contribution in [0, 0.1) is 0 Å². The number of carbonyl (C=O) groups is 1. The highest BCUT2D eigenvalue weighted by atomic mass is 16.5. The van der Waals surface area contributed by atoms with Crippen molar-refractivity contribution in [3.05, 3.63) is 35.4 Å². The van der Waals surface area contributed by atoms with Crippen molar-refractivity contribution in [2.75, 3.05) is 19.8 Å². The predicted molar refractivity (Wildman–Crippen MR) is 80.1 cm³/mol. The van der Waals surface area contributed by atoms with Gasteiger partial charge in [-0.1, -0.05) is 24.3 Å². The molecule has 0 bridgehead atoms. The Bertz CT molecular complexity index is 509. The van der Waals surface area contributed by atoms with Crippen molar-refractivity contribution >= 4 is 5.91 Å². The lowest BCUT2D eigenvalue weighted by Crippen LogP contribution is -2.55. The third-order valence-electron chi connectivity index (χ3n) is 4.83. The Labute approximate surface area is 125 Å². The number of ether oxygens (including phenoxy) is 1. The summed E-state index contributed by atoms with van der Waals surface area (Å²) in [4.78, 5) is 12.7. The van der Waals surface area contributed by atoms with Crippen molar-refractivity contribution in [3.8, 4) is 0 Å². The topological polar surface area (TPSA) is 58.6 Å². The van der Waals surface area contributed by atoms with Crippen LogP contribution in [0.4, 0.5) is 0 Å². The highest BCUT2D eigenvalue weighted by Gasteiger charge is 2.36. The Balaban J connectivity index is 1.77. The Kier molecular flexibility index (Phi) is 4.27. The van der Waals surface area contributed by atoms with Gasteiger partial charge >= 0.3 is 0 Å². The second kappa shape index (κ2) is 6.16. The zero-order valence-electron chi connectivity index (χ0n) is 12.3. The fourth-order valence-electron chi connectivity index (χ4n) is 3.46. The molecule has 4 nitrogen and oxygen atoms in total. The molecule has 1 aliphatic heterocycles. The van der Waals surface area contributed by atoms with Gasteiger partial charge in [-0.15, -0.1) is 0 Å². The Morgan fingerprint density at radius 3 is 2.86 bits per heavy atom. The zero-order valence-corrected chi connectivity index (χ0v) is 12.3. The van der Waals surface area contributed by atoms with Gasteiger partial charge < -0.3 is 15.2 Å². The average Bonchev–Trinajstić information content (AvgIpc) is 2.55. The molecule has 21 heavy (non-hydrogen) atoms. The molecule has 0 saturated carbocycles. The molecule has 1 aromatic rings. The lowest BCUT2D eigenvalue weighted by Gasteiger charge is -2.38. The van der Waals surface area contributed by atoms with Crippen LogP contribution in [0.25, 0.3) is 0 Å². The van der Waals surface area contributed by atoms with E-state index in [9.17, 15) is 9.90 Å². The molecule has 0 radical (unpaired) electrons. The first-order chi connectivity index (χ1) is 10.2. The van der Waals surface area contributed by atoms with Crippen LogP contribution in [0.1, 0.15) is 42.7 Å². The second-order valence-corrected chi connectivity index (χ2v) is 6.18. The minimum Gasteiger partial charge on any atom is -0.394 e. The first kappa shape index (κ1) is 14.5. The molecule has 3 rings (SSSR count). The molecule has 1 aliphatic carbocycles. The molecule has 1 saturated heterocycles. The van der Waals surface area contributed by atoms with Crippen LogP contribution in [0.15, 0.2) is 24.3 Å². The number of carbonyl (C=O) groups excluding carboxylic acids is 1. The van der Waals surface area contributed by atoms with E-state index < -0.39 is 5.54 Å². The van der Waals surface area contributed by atoms with Crippen LogP contribution in [0.5, 0.6) is 0 Å². The maximum absolute atomic E-state index is 12.7. The maximum Gasteiger partial charge on any atom is 0.228 e. The van der Waals surface area contributed by atoms with Crippen molar-refractivity contribution in [2.24, 2.45) is 0 Å². The molecule has 1 amide bonds. The maximum atomic E-state index is 12.7. The number of rotatable bonds is 3. The number of benzene rings is 1. The molecule has 2 aliphatic rings. The summed E-state index contributed by atoms with van der Waals surface area (Å²) < 4.78 is 5.35. The van der Waals surface area contributed by atoms with Crippen molar-refractivity contribution in [3.63, 3.8) is 0 Å². The van der Waals surface area contributed by atoms with Gasteiger partial charge in [0.1, 0.15) is 0 Å². The van der Waals surface area contributed by atoms with Crippen LogP contribution >= 0.6 is 0 Å². The molecule has 1 unspecified atom stereocenters. The summed E-state index contributed by atoms with van der Waals surface area (Å²) in [6.07, 6.45) is 4.36. The summed E-state index contributed by atoms with van der Waals surface area (Å²) in [5.41, 5.74) is 1.94. The van der Waals surface area contributed by atoms with Crippen molar-refractivity contribution in [1.29, 1.82) is 0 Å². The largest absolute Gasteiger partial charge is 0.394 e. The van der Waals surface area contributed by atoms with Crippen molar-refractivity contribution in [2.45, 2.75) is 43.6 Å². The number of aryl methyl sites for hydroxylation is 1. The molecule has 0 spiro atoms. The van der Waals surface area contributed by atoms with Gasteiger partial charge in [0.15, 0.2) is 0 Å². The van der Waals surface area contributed by atoms with Gasteiger partial charge in [0.25, 0.3) is 0 Å². The van der Waals surface area contributed by atoms with E-state index in [2.05, 4.69) is 17.4 Å². The van der Waals surface area contributed by atoms with Gasteiger partial charge in [0, 0.05) is 13.2 Å². The van der Waals surface area contributed by atoms with Crippen LogP contribution < -0.4 is 5.32 Å². The van der Waals surface area contributed by atoms with E-state index in [-0.39, 0.29) is 18.4 Å². The first-order valence-corrected chi connectivity index (χ1v) is 7.82. The number of hydrogen-bond donors (Lipinski definition) is 2. The standard InChI is InChI=1S/C17H23NO3/c19-12-17(8-10-21-11-9-17)18-16(20)15-7-3-5-13-4-1-2-6-14(13)15/h1-2,4,6,15,19H,3,5,7-12H2,(H,18,20). The normalized spacial score (nSPS) is 24.1. The molecule has 4 heteroatoms. The van der Waals surface area contributed by atoms with Gasteiger partial charge in [-0.25, -0.2) is 0 Å². The lowest BCUT2D eigenvalue weighted by molar-refractivity contribution is -0.127. The van der Waals surface area contributed by atoms with Crippen LogP contribution in [0.3, 0.4) is 0 Å². The highest BCUT2D eigenvalue weighted by Crippen LogP contribution is 2.32. The molecule has 1 heterocycles. The number of fused-ring (bicyclic) bond motifs is 1. The summed E-state index contributed by atoms with van der Waals surface area (Å²) >= 11 is 0. The number of amides is 1. The highest BCUT2D eigenvalue weighted by molar-refractivity contribution is 5.85. The van der Waals surface area contributed by atoms with Crippen LogP contribution in [-0.2, 0) is 16.0 Å². The minimum absolute atomic E-state index is 0.0174. The molecule has 1 aromatic carbocycles. The number of aliphatic hydroxyl groups excluding tert-OH is 1. The number of nitrogens with one attached hydrogen (secondary N) is 1. The van der Waals surface area contributed by atoms with Crippen molar-refractivity contribution < 1.29 is 14.6 Å². The molecule has 0 aromatic heterocycles. The van der Waals surface area contributed by atoms with Gasteiger partial charge in [-0.05, 0) is 43.2 Å².